The maximum Gasteiger partial charge on any atom is 0.182 e. The monoisotopic (exact) mass is 104 g/mol. The average molecular weight is 104 g/mol. The van der Waals surface area contributed by atoms with Crippen LogP contribution in [-0.2, 0) is 0 Å². The second-order valence-corrected chi connectivity index (χ2v) is 6.50. The van der Waals surface area contributed by atoms with Crippen molar-refractivity contribution >= 4 is 8.32 Å². The summed E-state index contributed by atoms with van der Waals surface area (Å²) >= 11 is 0. The summed E-state index contributed by atoms with van der Waals surface area (Å²) in [6.07, 6.45) is 0. The van der Waals surface area contributed by atoms with Gasteiger partial charge in [-0.1, -0.05) is 6.92 Å². The van der Waals surface area contributed by atoms with E-state index in [9.17, 15) is 0 Å². The summed E-state index contributed by atoms with van der Waals surface area (Å²) in [5.74, 6) is 0. The van der Waals surface area contributed by atoms with Crippen LogP contribution in [0.25, 0.3) is 0 Å². The van der Waals surface area contributed by atoms with E-state index in [4.69, 9.17) is 4.80 Å². The molecule has 0 heterocycles. The Balaban J connectivity index is 3.17. The molecule has 0 amide bonds. The zero-order chi connectivity index (χ0) is 5.21. The second kappa shape index (κ2) is 1.75. The van der Waals surface area contributed by atoms with E-state index in [1.165, 1.54) is 0 Å². The van der Waals surface area contributed by atoms with Crippen LogP contribution < -0.4 is 0 Å². The molecule has 0 spiro atoms. The highest BCUT2D eigenvalue weighted by Gasteiger charge is 2.10. The van der Waals surface area contributed by atoms with Gasteiger partial charge in [0, 0.05) is 0 Å². The first-order valence-corrected chi connectivity index (χ1v) is 5.44. The molecule has 38 valence electrons. The smallest absolute Gasteiger partial charge is 0.182 e. The Morgan fingerprint density at radius 3 is 1.67 bits per heavy atom. The summed E-state index contributed by atoms with van der Waals surface area (Å²) < 4.78 is 0. The Kier molecular flexibility index (Phi) is 1.81. The van der Waals surface area contributed by atoms with Crippen molar-refractivity contribution in [2.45, 2.75) is 26.1 Å². The summed E-state index contributed by atoms with van der Waals surface area (Å²) in [7, 11) is -1.63. The third-order valence-corrected chi connectivity index (χ3v) is 2.60. The topological polar surface area (TPSA) is 20.2 Å². The molecule has 2 heteroatoms. The van der Waals surface area contributed by atoms with E-state index in [1.807, 2.05) is 20.0 Å². The van der Waals surface area contributed by atoms with Gasteiger partial charge in [0.15, 0.2) is 8.32 Å². The lowest BCUT2D eigenvalue weighted by atomic mass is 11.0. The van der Waals surface area contributed by atoms with E-state index in [-0.39, 0.29) is 0 Å². The van der Waals surface area contributed by atoms with Crippen molar-refractivity contribution < 1.29 is 4.80 Å². The molecule has 0 aromatic carbocycles. The van der Waals surface area contributed by atoms with Crippen molar-refractivity contribution in [3.63, 3.8) is 0 Å². The van der Waals surface area contributed by atoms with Crippen molar-refractivity contribution in [3.8, 4) is 0 Å². The highest BCUT2D eigenvalue weighted by Crippen LogP contribution is 1.99. The first-order chi connectivity index (χ1) is 2.56. The molecule has 0 rings (SSSR count). The predicted molar refractivity (Wildman–Crippen MR) is 30.2 cm³/mol. The lowest BCUT2D eigenvalue weighted by Gasteiger charge is -2.07. The zero-order valence-corrected chi connectivity index (χ0v) is 5.65. The van der Waals surface area contributed by atoms with Gasteiger partial charge < -0.3 is 4.80 Å². The van der Waals surface area contributed by atoms with E-state index in [1.54, 1.807) is 0 Å². The first-order valence-electron chi connectivity index (χ1n) is 2.28. The van der Waals surface area contributed by atoms with Crippen molar-refractivity contribution in [2.24, 2.45) is 0 Å². The summed E-state index contributed by atoms with van der Waals surface area (Å²) in [4.78, 5) is 8.97. The molecule has 0 bridgehead atoms. The molecule has 1 nitrogen and oxygen atoms in total. The van der Waals surface area contributed by atoms with Crippen LogP contribution in [0.2, 0.25) is 19.1 Å². The number of hydrogen-bond acceptors (Lipinski definition) is 1. The Hall–Kier alpha value is 0.177. The normalized spacial score (nSPS) is 12.0. The summed E-state index contributed by atoms with van der Waals surface area (Å²) in [6.45, 7) is 5.90. The third-order valence-electron chi connectivity index (χ3n) is 0.865. The Morgan fingerprint density at radius 1 is 1.50 bits per heavy atom. The first kappa shape index (κ1) is 6.18. The molecule has 0 radical (unpaired) electrons. The van der Waals surface area contributed by atoms with Crippen LogP contribution in [0.1, 0.15) is 6.92 Å². The molecule has 0 aliphatic rings. The fourth-order valence-corrected chi connectivity index (χ4v) is 0. The fraction of sp³-hybridized carbons (Fsp3) is 1.00. The molecule has 0 aromatic rings. The molecule has 0 fully saturated rings. The minimum absolute atomic E-state index is 0.965. The van der Waals surface area contributed by atoms with E-state index < -0.39 is 8.32 Å². The molecule has 0 saturated carbocycles. The largest absolute Gasteiger partial charge is 0.432 e. The Labute approximate surface area is 40.1 Å². The maximum atomic E-state index is 8.97. The van der Waals surface area contributed by atoms with Crippen molar-refractivity contribution in [1.82, 2.24) is 0 Å². The lowest BCUT2D eigenvalue weighted by molar-refractivity contribution is 0.551. The molecule has 0 saturated heterocycles. The van der Waals surface area contributed by atoms with Crippen LogP contribution in [0.5, 0.6) is 0 Å². The number of rotatable bonds is 1. The molecule has 0 aromatic heterocycles. The van der Waals surface area contributed by atoms with Gasteiger partial charge in [-0.3, -0.25) is 0 Å². The number of hydrogen-bond donors (Lipinski definition) is 1. The molecule has 1 N–H and O–H groups in total. The molecule has 6 heavy (non-hydrogen) atoms. The van der Waals surface area contributed by atoms with Crippen LogP contribution >= 0.6 is 0 Å². The standard InChI is InChI=1S/C4H12OSi/c1-4-6(2,3)5/h5H,4H2,1-3H3. The Bertz CT molecular complexity index is 37.3. The summed E-state index contributed by atoms with van der Waals surface area (Å²) in [5.41, 5.74) is 0. The van der Waals surface area contributed by atoms with Gasteiger partial charge in [-0.2, -0.15) is 0 Å². The fourth-order valence-electron chi connectivity index (χ4n) is 0. The molecule has 0 aliphatic carbocycles. The van der Waals surface area contributed by atoms with Gasteiger partial charge in [-0.05, 0) is 19.1 Å². The molecular weight excluding hydrogens is 92.1 g/mol. The maximum absolute atomic E-state index is 8.97. The average Bonchev–Trinajstić information content (AvgIpc) is 1.35. The van der Waals surface area contributed by atoms with Crippen LogP contribution in [0.4, 0.5) is 0 Å². The van der Waals surface area contributed by atoms with E-state index >= 15 is 0 Å². The highest BCUT2D eigenvalue weighted by atomic mass is 28.4. The highest BCUT2D eigenvalue weighted by molar-refractivity contribution is 6.69. The minimum Gasteiger partial charge on any atom is -0.432 e. The van der Waals surface area contributed by atoms with Crippen LogP contribution in [-0.4, -0.2) is 13.1 Å². The van der Waals surface area contributed by atoms with Gasteiger partial charge in [-0.15, -0.1) is 0 Å². The van der Waals surface area contributed by atoms with E-state index in [0.717, 1.165) is 6.04 Å². The van der Waals surface area contributed by atoms with E-state index in [2.05, 4.69) is 0 Å². The summed E-state index contributed by atoms with van der Waals surface area (Å²) in [5, 5.41) is 0. The Morgan fingerprint density at radius 2 is 1.67 bits per heavy atom. The van der Waals surface area contributed by atoms with Gasteiger partial charge in [0.05, 0.1) is 0 Å². The van der Waals surface area contributed by atoms with E-state index in [0.29, 0.717) is 0 Å². The van der Waals surface area contributed by atoms with Gasteiger partial charge in [0.25, 0.3) is 0 Å². The van der Waals surface area contributed by atoms with Gasteiger partial charge in [0.2, 0.25) is 0 Å². The van der Waals surface area contributed by atoms with Crippen molar-refractivity contribution in [1.29, 1.82) is 0 Å². The molecule has 0 unspecified atom stereocenters. The van der Waals surface area contributed by atoms with Crippen LogP contribution in [0.3, 0.4) is 0 Å². The second-order valence-electron chi connectivity index (χ2n) is 2.17. The molecule has 0 aliphatic heterocycles. The molecular formula is C4H12OSi. The van der Waals surface area contributed by atoms with Crippen LogP contribution in [0, 0.1) is 0 Å². The van der Waals surface area contributed by atoms with Gasteiger partial charge >= 0.3 is 0 Å². The van der Waals surface area contributed by atoms with Crippen molar-refractivity contribution in [3.05, 3.63) is 0 Å². The SMILES string of the molecule is CC[Si](C)(C)O. The van der Waals surface area contributed by atoms with Crippen LogP contribution in [0.15, 0.2) is 0 Å². The lowest BCUT2D eigenvalue weighted by Crippen LogP contribution is -2.22. The minimum atomic E-state index is -1.63. The quantitative estimate of drug-likeness (QED) is 0.496. The van der Waals surface area contributed by atoms with Gasteiger partial charge in [-0.25, -0.2) is 0 Å². The molecule has 0 atom stereocenters. The summed E-state index contributed by atoms with van der Waals surface area (Å²) in [6, 6.07) is 0.965. The third kappa shape index (κ3) is 4.18. The van der Waals surface area contributed by atoms with Crippen molar-refractivity contribution in [2.75, 3.05) is 0 Å². The zero-order valence-electron chi connectivity index (χ0n) is 4.65. The predicted octanol–water partition coefficient (Wildman–Crippen LogP) is 1.20. The van der Waals surface area contributed by atoms with Gasteiger partial charge in [0.1, 0.15) is 0 Å².